The average molecular weight is 482 g/mol. The number of ether oxygens (including phenoxy) is 5. The maximum atomic E-state index is 13.2. The molecule has 4 saturated heterocycles. The Kier molecular flexibility index (Phi) is 6.11. The number of furan rings is 1. The number of nitrogens with zero attached hydrogens (tertiary/aromatic N) is 1. The van der Waals surface area contributed by atoms with Gasteiger partial charge in [0.05, 0.1) is 25.0 Å². The first kappa shape index (κ1) is 23.6. The van der Waals surface area contributed by atoms with E-state index in [-0.39, 0.29) is 47.5 Å². The number of fused-ring (bicyclic) bond motifs is 1. The molecule has 1 aromatic rings. The Morgan fingerprint density at radius 1 is 1.12 bits per heavy atom. The van der Waals surface area contributed by atoms with E-state index in [1.54, 1.807) is 13.4 Å². The van der Waals surface area contributed by atoms with E-state index in [0.717, 1.165) is 17.9 Å². The fraction of sp³-hybridized carbons (Fsp3) is 0.792. The summed E-state index contributed by atoms with van der Waals surface area (Å²) in [6.45, 7) is 10.2. The molecule has 33 heavy (non-hydrogen) atoms. The highest BCUT2D eigenvalue weighted by molar-refractivity contribution is 7.99. The lowest BCUT2D eigenvalue weighted by Gasteiger charge is -2.47. The molecule has 0 saturated carbocycles. The molecule has 184 valence electrons. The summed E-state index contributed by atoms with van der Waals surface area (Å²) in [6, 6.07) is 3.73. The number of carbonyl (C=O) groups is 1. The molecular weight excluding hydrogens is 446 g/mol. The van der Waals surface area contributed by atoms with Gasteiger partial charge in [-0.05, 0) is 45.6 Å². The van der Waals surface area contributed by atoms with Crippen LogP contribution in [0.2, 0.25) is 0 Å². The van der Waals surface area contributed by atoms with Crippen LogP contribution in [-0.4, -0.2) is 83.6 Å². The Morgan fingerprint density at radius 2 is 1.88 bits per heavy atom. The molecule has 0 spiro atoms. The van der Waals surface area contributed by atoms with Gasteiger partial charge in [0, 0.05) is 24.7 Å². The number of carbonyl (C=O) groups excluding carboxylic acids is 1. The maximum Gasteiger partial charge on any atom is 0.254 e. The summed E-state index contributed by atoms with van der Waals surface area (Å²) in [5, 5.41) is 0.148. The number of rotatable bonds is 7. The van der Waals surface area contributed by atoms with Crippen molar-refractivity contribution in [2.24, 2.45) is 5.92 Å². The van der Waals surface area contributed by atoms with E-state index in [4.69, 9.17) is 28.1 Å². The number of amides is 1. The molecule has 0 aliphatic carbocycles. The Hall–Kier alpha value is -1.10. The van der Waals surface area contributed by atoms with Crippen molar-refractivity contribution in [2.45, 2.75) is 94.4 Å². The van der Waals surface area contributed by atoms with Gasteiger partial charge in [0.2, 0.25) is 0 Å². The van der Waals surface area contributed by atoms with E-state index < -0.39 is 17.7 Å². The standard InChI is InChI=1S/C24H35NO7S/c1-7-33-21-14(11-13-9-8-10-28-13)16-20(27-6)22(26)25(16)17(21)19-18(31-24(4,5)32-19)15-12-29-23(2,3)30-15/h8-10,14-21H,7,11-12H2,1-6H3/t14-,15+,16+,17+,18+,19+,20-,21-/m0/s1. The van der Waals surface area contributed by atoms with Crippen LogP contribution in [0.5, 0.6) is 0 Å². The van der Waals surface area contributed by atoms with Crippen molar-refractivity contribution >= 4 is 17.7 Å². The summed E-state index contributed by atoms with van der Waals surface area (Å²) in [6.07, 6.45) is 1.06. The lowest BCUT2D eigenvalue weighted by molar-refractivity contribution is -0.181. The molecule has 9 heteroatoms. The van der Waals surface area contributed by atoms with Crippen LogP contribution in [0, 0.1) is 5.92 Å². The third-order valence-corrected chi connectivity index (χ3v) is 8.52. The van der Waals surface area contributed by atoms with Crippen LogP contribution in [0.4, 0.5) is 0 Å². The van der Waals surface area contributed by atoms with Crippen molar-refractivity contribution in [1.29, 1.82) is 0 Å². The Balaban J connectivity index is 1.49. The quantitative estimate of drug-likeness (QED) is 0.550. The van der Waals surface area contributed by atoms with E-state index in [9.17, 15) is 4.79 Å². The third-order valence-electron chi connectivity index (χ3n) is 7.17. The molecule has 0 radical (unpaired) electrons. The van der Waals surface area contributed by atoms with Crippen LogP contribution in [0.3, 0.4) is 0 Å². The summed E-state index contributed by atoms with van der Waals surface area (Å²) in [5.74, 6) is 0.601. The average Bonchev–Trinajstić information content (AvgIpc) is 3.49. The van der Waals surface area contributed by atoms with E-state index in [2.05, 4.69) is 6.92 Å². The molecule has 5 heterocycles. The molecule has 4 aliphatic heterocycles. The number of methoxy groups -OCH3 is 1. The fourth-order valence-corrected chi connectivity index (χ4v) is 7.40. The van der Waals surface area contributed by atoms with Gasteiger partial charge in [0.15, 0.2) is 17.7 Å². The predicted molar refractivity (Wildman–Crippen MR) is 122 cm³/mol. The minimum absolute atomic E-state index is 0.0205. The van der Waals surface area contributed by atoms with Crippen LogP contribution in [0.1, 0.15) is 40.4 Å². The van der Waals surface area contributed by atoms with Crippen molar-refractivity contribution < 1.29 is 32.9 Å². The third kappa shape index (κ3) is 4.04. The van der Waals surface area contributed by atoms with Crippen LogP contribution in [0.25, 0.3) is 0 Å². The van der Waals surface area contributed by atoms with Crippen LogP contribution in [0.15, 0.2) is 22.8 Å². The second kappa shape index (κ2) is 8.53. The molecule has 8 atom stereocenters. The van der Waals surface area contributed by atoms with Crippen LogP contribution < -0.4 is 0 Å². The van der Waals surface area contributed by atoms with E-state index in [1.165, 1.54) is 0 Å². The largest absolute Gasteiger partial charge is 0.469 e. The molecule has 4 aliphatic rings. The van der Waals surface area contributed by atoms with E-state index in [0.29, 0.717) is 6.61 Å². The van der Waals surface area contributed by atoms with Gasteiger partial charge in [0.25, 0.3) is 5.91 Å². The van der Waals surface area contributed by atoms with Crippen molar-refractivity contribution in [3.63, 3.8) is 0 Å². The molecule has 5 rings (SSSR count). The number of β-lactam (4-membered cyclic amide) rings is 1. The van der Waals surface area contributed by atoms with Gasteiger partial charge >= 0.3 is 0 Å². The van der Waals surface area contributed by atoms with Gasteiger partial charge in [-0.25, -0.2) is 0 Å². The number of thioether (sulfide) groups is 1. The summed E-state index contributed by atoms with van der Waals surface area (Å²) in [4.78, 5) is 15.2. The molecule has 0 bridgehead atoms. The second-order valence-electron chi connectivity index (χ2n) is 10.2. The zero-order chi connectivity index (χ0) is 23.5. The number of hydrogen-bond donors (Lipinski definition) is 0. The highest BCUT2D eigenvalue weighted by Crippen LogP contribution is 2.51. The zero-order valence-corrected chi connectivity index (χ0v) is 21.0. The summed E-state index contributed by atoms with van der Waals surface area (Å²) in [7, 11) is 1.62. The smallest absolute Gasteiger partial charge is 0.254 e. The topological polar surface area (TPSA) is 79.6 Å². The molecule has 0 aromatic carbocycles. The Morgan fingerprint density at radius 3 is 2.48 bits per heavy atom. The van der Waals surface area contributed by atoms with Crippen molar-refractivity contribution in [3.8, 4) is 0 Å². The van der Waals surface area contributed by atoms with Gasteiger partial charge in [-0.2, -0.15) is 11.8 Å². The summed E-state index contributed by atoms with van der Waals surface area (Å²) >= 11 is 1.87. The van der Waals surface area contributed by atoms with Gasteiger partial charge in [-0.3, -0.25) is 4.79 Å². The molecule has 0 N–H and O–H groups in total. The highest BCUT2D eigenvalue weighted by atomic mass is 32.2. The minimum atomic E-state index is -0.782. The molecule has 1 aromatic heterocycles. The van der Waals surface area contributed by atoms with E-state index in [1.807, 2.05) is 56.5 Å². The molecule has 1 amide bonds. The maximum absolute atomic E-state index is 13.2. The predicted octanol–water partition coefficient (Wildman–Crippen LogP) is 2.84. The lowest BCUT2D eigenvalue weighted by atomic mass is 9.86. The van der Waals surface area contributed by atoms with Gasteiger partial charge in [-0.15, -0.1) is 0 Å². The number of hydrogen-bond acceptors (Lipinski definition) is 8. The molecule has 8 nitrogen and oxygen atoms in total. The minimum Gasteiger partial charge on any atom is -0.469 e. The van der Waals surface area contributed by atoms with Gasteiger partial charge in [-0.1, -0.05) is 6.92 Å². The zero-order valence-electron chi connectivity index (χ0n) is 20.2. The fourth-order valence-electron chi connectivity index (χ4n) is 6.03. The van der Waals surface area contributed by atoms with Crippen molar-refractivity contribution in [2.75, 3.05) is 19.5 Å². The first-order valence-corrected chi connectivity index (χ1v) is 12.9. The van der Waals surface area contributed by atoms with Crippen molar-refractivity contribution in [3.05, 3.63) is 24.2 Å². The Bertz CT molecular complexity index is 859. The first-order chi connectivity index (χ1) is 15.7. The molecular formula is C24H35NO7S. The monoisotopic (exact) mass is 481 g/mol. The summed E-state index contributed by atoms with van der Waals surface area (Å²) in [5.41, 5.74) is 0. The SMILES string of the molecule is CCS[C@H]1[C@@H](Cc2ccco2)[C@@H]2[C@H](OC)C(=O)N2[C@@H]1[C@H]1OC(C)(C)O[C@@H]1[C@H]1COC(C)(C)O1. The van der Waals surface area contributed by atoms with Crippen LogP contribution >= 0.6 is 11.8 Å². The first-order valence-electron chi connectivity index (χ1n) is 11.8. The Labute approximate surface area is 199 Å². The highest BCUT2D eigenvalue weighted by Gasteiger charge is 2.67. The van der Waals surface area contributed by atoms with E-state index >= 15 is 0 Å². The van der Waals surface area contributed by atoms with Crippen LogP contribution in [-0.2, 0) is 34.9 Å². The van der Waals surface area contributed by atoms with Gasteiger partial charge in [0.1, 0.15) is 24.1 Å². The second-order valence-corrected chi connectivity index (χ2v) is 11.6. The normalized spacial score (nSPS) is 41.4. The summed E-state index contributed by atoms with van der Waals surface area (Å²) < 4.78 is 36.3. The lowest BCUT2D eigenvalue weighted by Crippen LogP contribution is -2.68. The molecule has 4 fully saturated rings. The molecule has 0 unspecified atom stereocenters. The van der Waals surface area contributed by atoms with Crippen molar-refractivity contribution in [1.82, 2.24) is 4.90 Å². The van der Waals surface area contributed by atoms with Gasteiger partial charge < -0.3 is 33.0 Å².